The minimum Gasteiger partial charge on any atom is -0.330 e. The van der Waals surface area contributed by atoms with Crippen LogP contribution in [0, 0.1) is 5.82 Å². The molecule has 5 nitrogen and oxygen atoms in total. The van der Waals surface area contributed by atoms with Crippen LogP contribution in [0.2, 0.25) is 5.02 Å². The second-order valence-corrected chi connectivity index (χ2v) is 4.28. The number of tetrazole rings is 1. The standard InChI is InChI=1S/C11H13ClFN5/c12-10-7-9(13)3-2-8(10)6-11-15-16-17-18(11)5-1-4-14/h2-3,7H,1,4-6,14H2. The lowest BCUT2D eigenvalue weighted by molar-refractivity contribution is 0.546. The van der Waals surface area contributed by atoms with Crippen LogP contribution in [0.3, 0.4) is 0 Å². The zero-order valence-corrected chi connectivity index (χ0v) is 10.4. The van der Waals surface area contributed by atoms with E-state index in [9.17, 15) is 4.39 Å². The maximum Gasteiger partial charge on any atom is 0.155 e. The summed E-state index contributed by atoms with van der Waals surface area (Å²) in [5.41, 5.74) is 6.24. The van der Waals surface area contributed by atoms with Crippen LogP contribution >= 0.6 is 11.6 Å². The van der Waals surface area contributed by atoms with Gasteiger partial charge in [-0.25, -0.2) is 9.07 Å². The zero-order chi connectivity index (χ0) is 13.0. The summed E-state index contributed by atoms with van der Waals surface area (Å²) >= 11 is 5.97. The fourth-order valence-electron chi connectivity index (χ4n) is 1.60. The van der Waals surface area contributed by atoms with Gasteiger partial charge in [0.15, 0.2) is 5.82 Å². The summed E-state index contributed by atoms with van der Waals surface area (Å²) in [6, 6.07) is 4.29. The van der Waals surface area contributed by atoms with E-state index >= 15 is 0 Å². The number of benzene rings is 1. The maximum atomic E-state index is 12.9. The van der Waals surface area contributed by atoms with Crippen LogP contribution in [-0.4, -0.2) is 26.8 Å². The Bertz CT molecular complexity index is 528. The van der Waals surface area contributed by atoms with Gasteiger partial charge in [0.25, 0.3) is 0 Å². The third-order valence-corrected chi connectivity index (χ3v) is 2.90. The fourth-order valence-corrected chi connectivity index (χ4v) is 1.83. The molecule has 0 saturated carbocycles. The molecule has 0 unspecified atom stereocenters. The largest absolute Gasteiger partial charge is 0.330 e. The predicted molar refractivity (Wildman–Crippen MR) is 65.7 cm³/mol. The molecular formula is C11H13ClFN5. The molecule has 18 heavy (non-hydrogen) atoms. The highest BCUT2D eigenvalue weighted by Gasteiger charge is 2.09. The summed E-state index contributed by atoms with van der Waals surface area (Å²) in [6.45, 7) is 1.24. The van der Waals surface area contributed by atoms with Gasteiger partial charge in [0.05, 0.1) is 0 Å². The Balaban J connectivity index is 2.15. The molecule has 0 fully saturated rings. The van der Waals surface area contributed by atoms with Crippen molar-refractivity contribution in [1.82, 2.24) is 20.2 Å². The first-order chi connectivity index (χ1) is 8.70. The van der Waals surface area contributed by atoms with Gasteiger partial charge in [0.1, 0.15) is 5.82 Å². The summed E-state index contributed by atoms with van der Waals surface area (Å²) in [4.78, 5) is 0. The number of nitrogens with zero attached hydrogens (tertiary/aromatic N) is 4. The van der Waals surface area contributed by atoms with Crippen LogP contribution < -0.4 is 5.73 Å². The van der Waals surface area contributed by atoms with Crippen LogP contribution in [0.1, 0.15) is 17.8 Å². The maximum absolute atomic E-state index is 12.9. The van der Waals surface area contributed by atoms with E-state index < -0.39 is 0 Å². The summed E-state index contributed by atoms with van der Waals surface area (Å²) < 4.78 is 14.6. The van der Waals surface area contributed by atoms with Crippen molar-refractivity contribution in [3.8, 4) is 0 Å². The molecule has 1 aromatic heterocycles. The molecule has 96 valence electrons. The van der Waals surface area contributed by atoms with Gasteiger partial charge in [0.2, 0.25) is 0 Å². The molecule has 0 aliphatic carbocycles. The third kappa shape index (κ3) is 3.02. The van der Waals surface area contributed by atoms with Gasteiger partial charge >= 0.3 is 0 Å². The monoisotopic (exact) mass is 269 g/mol. The number of hydrogen-bond acceptors (Lipinski definition) is 4. The van der Waals surface area contributed by atoms with Crippen molar-refractivity contribution in [2.45, 2.75) is 19.4 Å². The second kappa shape index (κ2) is 5.88. The third-order valence-electron chi connectivity index (χ3n) is 2.54. The molecule has 2 aromatic rings. The van der Waals surface area contributed by atoms with Crippen LogP contribution in [0.15, 0.2) is 18.2 Å². The van der Waals surface area contributed by atoms with Crippen LogP contribution in [0.5, 0.6) is 0 Å². The summed E-state index contributed by atoms with van der Waals surface area (Å²) in [6.07, 6.45) is 1.27. The summed E-state index contributed by atoms with van der Waals surface area (Å²) in [5, 5.41) is 11.8. The molecule has 0 radical (unpaired) electrons. The van der Waals surface area contributed by atoms with E-state index in [0.29, 0.717) is 30.4 Å². The first-order valence-corrected chi connectivity index (χ1v) is 5.97. The first-order valence-electron chi connectivity index (χ1n) is 5.59. The molecule has 7 heteroatoms. The second-order valence-electron chi connectivity index (χ2n) is 3.87. The number of nitrogens with two attached hydrogens (primary N) is 1. The molecule has 1 heterocycles. The lowest BCUT2D eigenvalue weighted by Crippen LogP contribution is -2.10. The van der Waals surface area contributed by atoms with Crippen molar-refractivity contribution in [1.29, 1.82) is 0 Å². The number of hydrogen-bond donors (Lipinski definition) is 1. The quantitative estimate of drug-likeness (QED) is 0.891. The minimum absolute atomic E-state index is 0.355. The Morgan fingerprint density at radius 3 is 2.94 bits per heavy atom. The van der Waals surface area contributed by atoms with Crippen molar-refractivity contribution < 1.29 is 4.39 Å². The van der Waals surface area contributed by atoms with Crippen molar-refractivity contribution in [2.75, 3.05) is 6.54 Å². The van der Waals surface area contributed by atoms with Gasteiger partial charge in [-0.15, -0.1) is 5.10 Å². The average molecular weight is 270 g/mol. The van der Waals surface area contributed by atoms with E-state index in [0.717, 1.165) is 12.0 Å². The van der Waals surface area contributed by atoms with E-state index in [1.807, 2.05) is 0 Å². The van der Waals surface area contributed by atoms with E-state index in [1.165, 1.54) is 12.1 Å². The molecule has 0 aliphatic heterocycles. The lowest BCUT2D eigenvalue weighted by Gasteiger charge is -2.05. The highest BCUT2D eigenvalue weighted by atomic mass is 35.5. The van der Waals surface area contributed by atoms with Crippen molar-refractivity contribution in [3.63, 3.8) is 0 Å². The molecule has 0 bridgehead atoms. The molecule has 0 aliphatic rings. The highest BCUT2D eigenvalue weighted by Crippen LogP contribution is 2.19. The predicted octanol–water partition coefficient (Wildman–Crippen LogP) is 1.41. The first kappa shape index (κ1) is 12.9. The fraction of sp³-hybridized carbons (Fsp3) is 0.364. The van der Waals surface area contributed by atoms with Gasteiger partial charge in [-0.1, -0.05) is 17.7 Å². The Kier molecular flexibility index (Phi) is 4.22. The zero-order valence-electron chi connectivity index (χ0n) is 9.68. The molecular weight excluding hydrogens is 257 g/mol. The molecule has 0 amide bonds. The summed E-state index contributed by atoms with van der Waals surface area (Å²) in [7, 11) is 0. The van der Waals surface area contributed by atoms with E-state index in [-0.39, 0.29) is 5.82 Å². The number of rotatable bonds is 5. The lowest BCUT2D eigenvalue weighted by atomic mass is 10.1. The van der Waals surface area contributed by atoms with Crippen LogP contribution in [0.4, 0.5) is 4.39 Å². The van der Waals surface area contributed by atoms with E-state index in [2.05, 4.69) is 15.5 Å². The van der Waals surface area contributed by atoms with Crippen LogP contribution in [0.25, 0.3) is 0 Å². The number of aryl methyl sites for hydroxylation is 1. The molecule has 1 aromatic carbocycles. The Morgan fingerprint density at radius 1 is 1.39 bits per heavy atom. The van der Waals surface area contributed by atoms with E-state index in [1.54, 1.807) is 10.7 Å². The minimum atomic E-state index is -0.355. The van der Waals surface area contributed by atoms with Crippen LogP contribution in [-0.2, 0) is 13.0 Å². The van der Waals surface area contributed by atoms with Crippen molar-refractivity contribution in [2.24, 2.45) is 5.73 Å². The number of aromatic nitrogens is 4. The molecule has 0 spiro atoms. The van der Waals surface area contributed by atoms with Gasteiger partial charge < -0.3 is 5.73 Å². The topological polar surface area (TPSA) is 69.6 Å². The number of halogens is 2. The SMILES string of the molecule is NCCCn1nnnc1Cc1ccc(F)cc1Cl. The van der Waals surface area contributed by atoms with E-state index in [4.69, 9.17) is 17.3 Å². The Hall–Kier alpha value is -1.53. The normalized spacial score (nSPS) is 10.8. The smallest absolute Gasteiger partial charge is 0.155 e. The van der Waals surface area contributed by atoms with Crippen molar-refractivity contribution >= 4 is 11.6 Å². The highest BCUT2D eigenvalue weighted by molar-refractivity contribution is 6.31. The average Bonchev–Trinajstić information content (AvgIpc) is 2.77. The summed E-state index contributed by atoms with van der Waals surface area (Å²) in [5.74, 6) is 0.337. The van der Waals surface area contributed by atoms with Gasteiger partial charge in [-0.3, -0.25) is 0 Å². The van der Waals surface area contributed by atoms with Gasteiger partial charge in [-0.2, -0.15) is 0 Å². The molecule has 2 rings (SSSR count). The van der Waals surface area contributed by atoms with Crippen molar-refractivity contribution in [3.05, 3.63) is 40.4 Å². The van der Waals surface area contributed by atoms with Gasteiger partial charge in [-0.05, 0) is 41.1 Å². The molecule has 0 saturated heterocycles. The molecule has 2 N–H and O–H groups in total. The Labute approximate surface area is 109 Å². The Morgan fingerprint density at radius 2 is 2.22 bits per heavy atom. The van der Waals surface area contributed by atoms with Gasteiger partial charge in [0, 0.05) is 18.0 Å². The molecule has 0 atom stereocenters.